The van der Waals surface area contributed by atoms with E-state index >= 15 is 0 Å². The number of carboxylic acids is 1. The predicted molar refractivity (Wildman–Crippen MR) is 93.2 cm³/mol. The molecule has 0 aliphatic rings. The summed E-state index contributed by atoms with van der Waals surface area (Å²) in [6.07, 6.45) is -0.218. The second-order valence-corrected chi connectivity index (χ2v) is 5.55. The summed E-state index contributed by atoms with van der Waals surface area (Å²) in [5.74, 6) is 0.127. The molecule has 2 aromatic carbocycles. The second kappa shape index (κ2) is 8.73. The highest BCUT2D eigenvalue weighted by Crippen LogP contribution is 2.18. The Labute approximate surface area is 146 Å². The highest BCUT2D eigenvalue weighted by Gasteiger charge is 2.13. The average Bonchev–Trinajstić information content (AvgIpc) is 2.61. The van der Waals surface area contributed by atoms with Crippen LogP contribution in [-0.4, -0.2) is 36.7 Å². The fraction of sp³-hybridized carbons (Fsp3) is 0.263. The highest BCUT2D eigenvalue weighted by atomic mass is 16.5. The molecule has 2 rings (SSSR count). The molecule has 1 amide bonds. The number of carbonyl (C=O) groups is 2. The van der Waals surface area contributed by atoms with Crippen LogP contribution >= 0.6 is 0 Å². The molecule has 6 heteroatoms. The zero-order valence-corrected chi connectivity index (χ0v) is 14.2. The first-order chi connectivity index (χ1) is 12.0. The Morgan fingerprint density at radius 3 is 2.36 bits per heavy atom. The van der Waals surface area contributed by atoms with Crippen molar-refractivity contribution < 1.29 is 24.2 Å². The highest BCUT2D eigenvalue weighted by molar-refractivity contribution is 5.91. The molecular weight excluding hydrogens is 322 g/mol. The van der Waals surface area contributed by atoms with E-state index in [1.807, 2.05) is 6.92 Å². The van der Waals surface area contributed by atoms with Crippen molar-refractivity contribution in [2.75, 3.05) is 13.7 Å². The van der Waals surface area contributed by atoms with Crippen LogP contribution in [0, 0.1) is 0 Å². The summed E-state index contributed by atoms with van der Waals surface area (Å²) < 4.78 is 10.8. The smallest absolute Gasteiger partial charge is 0.335 e. The minimum absolute atomic E-state index is 0.0116. The molecule has 1 unspecified atom stereocenters. The zero-order valence-electron chi connectivity index (χ0n) is 14.2. The minimum Gasteiger partial charge on any atom is -0.497 e. The van der Waals surface area contributed by atoms with Gasteiger partial charge in [0, 0.05) is 0 Å². The molecule has 2 aromatic rings. The first-order valence-electron chi connectivity index (χ1n) is 7.88. The molecule has 0 bridgehead atoms. The minimum atomic E-state index is -1.04. The maximum Gasteiger partial charge on any atom is 0.335 e. The Morgan fingerprint density at radius 2 is 1.72 bits per heavy atom. The van der Waals surface area contributed by atoms with Crippen LogP contribution in [-0.2, 0) is 11.2 Å². The molecule has 25 heavy (non-hydrogen) atoms. The number of carbonyl (C=O) groups excluding carboxylic acids is 1. The first-order valence-corrected chi connectivity index (χ1v) is 7.88. The normalized spacial score (nSPS) is 11.4. The Bertz CT molecular complexity index is 727. The van der Waals surface area contributed by atoms with Gasteiger partial charge in [0.1, 0.15) is 17.6 Å². The molecule has 0 saturated heterocycles. The maximum atomic E-state index is 12.1. The van der Waals surface area contributed by atoms with E-state index in [1.54, 1.807) is 49.6 Å². The fourth-order valence-corrected chi connectivity index (χ4v) is 2.30. The summed E-state index contributed by atoms with van der Waals surface area (Å²) in [6.45, 7) is 2.16. The van der Waals surface area contributed by atoms with E-state index in [2.05, 4.69) is 5.32 Å². The average molecular weight is 343 g/mol. The standard InChI is InChI=1S/C19H21NO5/c1-13(25-16-9-7-15(24-2)8-10-16)12-20-18(21)11-14-5-3-4-6-17(14)19(22)23/h3-10,13H,11-12H2,1-2H3,(H,20,21)(H,22,23). The number of methoxy groups -OCH3 is 1. The number of ether oxygens (including phenoxy) is 2. The summed E-state index contributed by atoms with van der Waals surface area (Å²) in [4.78, 5) is 23.2. The van der Waals surface area contributed by atoms with Gasteiger partial charge in [-0.3, -0.25) is 4.79 Å². The Morgan fingerprint density at radius 1 is 1.08 bits per heavy atom. The molecule has 2 N–H and O–H groups in total. The molecule has 0 spiro atoms. The summed E-state index contributed by atoms with van der Waals surface area (Å²) in [5, 5.41) is 11.9. The Hall–Kier alpha value is -3.02. The number of amides is 1. The van der Waals surface area contributed by atoms with Crippen LogP contribution in [0.5, 0.6) is 11.5 Å². The van der Waals surface area contributed by atoms with Crippen molar-refractivity contribution >= 4 is 11.9 Å². The number of rotatable bonds is 8. The quantitative estimate of drug-likeness (QED) is 0.769. The number of hydrogen-bond acceptors (Lipinski definition) is 4. The van der Waals surface area contributed by atoms with Gasteiger partial charge in [-0.25, -0.2) is 4.79 Å². The van der Waals surface area contributed by atoms with E-state index in [1.165, 1.54) is 6.07 Å². The lowest BCUT2D eigenvalue weighted by Gasteiger charge is -2.16. The van der Waals surface area contributed by atoms with E-state index < -0.39 is 5.97 Å². The van der Waals surface area contributed by atoms with Gasteiger partial charge in [0.25, 0.3) is 0 Å². The van der Waals surface area contributed by atoms with Gasteiger partial charge in [0.05, 0.1) is 25.6 Å². The van der Waals surface area contributed by atoms with Crippen molar-refractivity contribution in [2.45, 2.75) is 19.4 Å². The van der Waals surface area contributed by atoms with Gasteiger partial charge in [-0.05, 0) is 42.8 Å². The Kier molecular flexibility index (Phi) is 6.39. The van der Waals surface area contributed by atoms with Gasteiger partial charge in [0.2, 0.25) is 5.91 Å². The third-order valence-corrected chi connectivity index (χ3v) is 3.58. The van der Waals surface area contributed by atoms with Crippen LogP contribution in [0.1, 0.15) is 22.8 Å². The number of carboxylic acid groups (broad SMARTS) is 1. The summed E-state index contributed by atoms with van der Waals surface area (Å²) in [7, 11) is 1.59. The van der Waals surface area contributed by atoms with Gasteiger partial charge in [-0.1, -0.05) is 18.2 Å². The molecule has 6 nitrogen and oxygen atoms in total. The van der Waals surface area contributed by atoms with Crippen molar-refractivity contribution in [3.63, 3.8) is 0 Å². The second-order valence-electron chi connectivity index (χ2n) is 5.55. The largest absolute Gasteiger partial charge is 0.497 e. The summed E-state index contributed by atoms with van der Waals surface area (Å²) in [5.41, 5.74) is 0.622. The monoisotopic (exact) mass is 343 g/mol. The van der Waals surface area contributed by atoms with E-state index in [0.29, 0.717) is 17.9 Å². The van der Waals surface area contributed by atoms with Gasteiger partial charge >= 0.3 is 5.97 Å². The van der Waals surface area contributed by atoms with Crippen molar-refractivity contribution in [3.8, 4) is 11.5 Å². The molecule has 0 heterocycles. The van der Waals surface area contributed by atoms with E-state index in [0.717, 1.165) is 5.75 Å². The molecule has 1 atom stereocenters. The Balaban J connectivity index is 1.84. The number of hydrogen-bond donors (Lipinski definition) is 2. The maximum absolute atomic E-state index is 12.1. The van der Waals surface area contributed by atoms with Gasteiger partial charge in [0.15, 0.2) is 0 Å². The molecule has 0 radical (unpaired) electrons. The topological polar surface area (TPSA) is 84.9 Å². The predicted octanol–water partition coefficient (Wildman–Crippen LogP) is 2.52. The van der Waals surface area contributed by atoms with Gasteiger partial charge in [-0.2, -0.15) is 0 Å². The molecule has 0 saturated carbocycles. The van der Waals surface area contributed by atoms with Crippen LogP contribution in [0.4, 0.5) is 0 Å². The lowest BCUT2D eigenvalue weighted by atomic mass is 10.0. The summed E-state index contributed by atoms with van der Waals surface area (Å²) >= 11 is 0. The lowest BCUT2D eigenvalue weighted by molar-refractivity contribution is -0.120. The third kappa shape index (κ3) is 5.53. The molecule has 132 valence electrons. The molecular formula is C19H21NO5. The van der Waals surface area contributed by atoms with Crippen LogP contribution in [0.2, 0.25) is 0 Å². The van der Waals surface area contributed by atoms with Crippen LogP contribution in [0.3, 0.4) is 0 Å². The zero-order chi connectivity index (χ0) is 18.2. The van der Waals surface area contributed by atoms with Crippen molar-refractivity contribution in [1.29, 1.82) is 0 Å². The molecule has 0 fully saturated rings. The first kappa shape index (κ1) is 18.3. The molecule has 0 aliphatic heterocycles. The van der Waals surface area contributed by atoms with Crippen LogP contribution < -0.4 is 14.8 Å². The number of aromatic carboxylic acids is 1. The van der Waals surface area contributed by atoms with Gasteiger partial charge in [-0.15, -0.1) is 0 Å². The van der Waals surface area contributed by atoms with Crippen molar-refractivity contribution in [1.82, 2.24) is 5.32 Å². The van der Waals surface area contributed by atoms with Gasteiger partial charge < -0.3 is 19.9 Å². The lowest BCUT2D eigenvalue weighted by Crippen LogP contribution is -2.34. The van der Waals surface area contributed by atoms with Crippen LogP contribution in [0.15, 0.2) is 48.5 Å². The van der Waals surface area contributed by atoms with E-state index in [-0.39, 0.29) is 24.0 Å². The summed E-state index contributed by atoms with van der Waals surface area (Å²) in [6, 6.07) is 13.6. The van der Waals surface area contributed by atoms with E-state index in [9.17, 15) is 9.59 Å². The van der Waals surface area contributed by atoms with Crippen LogP contribution in [0.25, 0.3) is 0 Å². The third-order valence-electron chi connectivity index (χ3n) is 3.58. The SMILES string of the molecule is COc1ccc(OC(C)CNC(=O)Cc2ccccc2C(=O)O)cc1. The number of benzene rings is 2. The fourth-order valence-electron chi connectivity index (χ4n) is 2.30. The number of nitrogens with one attached hydrogen (secondary N) is 1. The van der Waals surface area contributed by atoms with Crippen molar-refractivity contribution in [3.05, 3.63) is 59.7 Å². The molecule has 0 aromatic heterocycles. The van der Waals surface area contributed by atoms with Crippen molar-refractivity contribution in [2.24, 2.45) is 0 Å². The van der Waals surface area contributed by atoms with E-state index in [4.69, 9.17) is 14.6 Å². The molecule has 0 aliphatic carbocycles.